The van der Waals surface area contributed by atoms with Crippen molar-refractivity contribution in [1.82, 2.24) is 20.9 Å². The molecule has 3 unspecified atom stereocenters. The normalized spacial score (nSPS) is 13.3. The van der Waals surface area contributed by atoms with Crippen LogP contribution in [0.2, 0.25) is 0 Å². The van der Waals surface area contributed by atoms with Crippen LogP contribution in [0.5, 0.6) is 17.2 Å². The molecule has 3 amide bonds. The Hall–Kier alpha value is -7.52. The van der Waals surface area contributed by atoms with Gasteiger partial charge in [-0.2, -0.15) is 0 Å². The lowest BCUT2D eigenvalue weighted by Gasteiger charge is -2.34. The van der Waals surface area contributed by atoms with Gasteiger partial charge in [-0.1, -0.05) is 81.9 Å². The Labute approximate surface area is 581 Å². The Kier molecular flexibility index (Phi) is 39.8. The number of nitrogens with zero attached hydrogens (tertiary/aromatic N) is 3. The van der Waals surface area contributed by atoms with E-state index in [9.17, 15) is 64.3 Å². The molecule has 6 N–H and O–H groups in total. The van der Waals surface area contributed by atoms with Gasteiger partial charge in [0.15, 0.2) is 0 Å². The Morgan fingerprint density at radius 1 is 0.469 bits per heavy atom. The average Bonchev–Trinajstić information content (AvgIpc) is 0.846. The molecule has 0 aliphatic carbocycles. The monoisotopic (exact) mass is 1390 g/mol. The number of likely N-dealkylation sites (N-methyl/N-ethyl adjacent to an activating group) is 1. The summed E-state index contributed by atoms with van der Waals surface area (Å²) in [5.74, 6) is -1.64. The Morgan fingerprint density at radius 3 is 1.09 bits per heavy atom. The van der Waals surface area contributed by atoms with Gasteiger partial charge in [0.2, 0.25) is 17.7 Å². The highest BCUT2D eigenvalue weighted by Gasteiger charge is 2.45. The molecule has 0 saturated heterocycles. The van der Waals surface area contributed by atoms with Crippen LogP contribution in [0.1, 0.15) is 162 Å². The average molecular weight is 1390 g/mol. The van der Waals surface area contributed by atoms with Crippen LogP contribution in [0.4, 0.5) is 11.4 Å². The minimum Gasteiger partial charge on any atom is -0.508 e. The molecule has 26 heteroatoms. The van der Waals surface area contributed by atoms with E-state index in [4.69, 9.17) is 33.2 Å². The van der Waals surface area contributed by atoms with Gasteiger partial charge in [-0.05, 0) is 154 Å². The number of nitro groups is 2. The predicted molar refractivity (Wildman–Crippen MR) is 376 cm³/mol. The number of benzene rings is 3. The molecule has 98 heavy (non-hydrogen) atoms. The molecule has 0 aliphatic heterocycles. The van der Waals surface area contributed by atoms with Crippen LogP contribution in [-0.2, 0) is 81.2 Å². The summed E-state index contributed by atoms with van der Waals surface area (Å²) in [5, 5.41) is 60.3. The molecule has 3 aromatic carbocycles. The van der Waals surface area contributed by atoms with Crippen LogP contribution in [0.25, 0.3) is 0 Å². The summed E-state index contributed by atoms with van der Waals surface area (Å²) in [6.45, 7) is 31.5. The number of nitro benzene ring substituents is 2. The van der Waals surface area contributed by atoms with E-state index in [-0.39, 0.29) is 124 Å². The number of rotatable bonds is 41. The number of aromatic hydroxyl groups is 3. The maximum absolute atomic E-state index is 12.9. The van der Waals surface area contributed by atoms with E-state index < -0.39 is 42.3 Å². The molecule has 0 spiro atoms. The molecule has 0 fully saturated rings. The van der Waals surface area contributed by atoms with Crippen LogP contribution < -0.4 is 16.0 Å². The first-order valence-corrected chi connectivity index (χ1v) is 33.0. The van der Waals surface area contributed by atoms with Crippen molar-refractivity contribution in [3.63, 3.8) is 0 Å². The number of carbonyl (C=O) groups is 6. The second kappa shape index (κ2) is 43.1. The van der Waals surface area contributed by atoms with Crippen molar-refractivity contribution in [3.05, 3.63) is 96.1 Å². The Bertz CT molecular complexity index is 3040. The van der Waals surface area contributed by atoms with Gasteiger partial charge in [0, 0.05) is 67.8 Å². The van der Waals surface area contributed by atoms with Crippen molar-refractivity contribution in [2.24, 2.45) is 32.5 Å². The topological polar surface area (TPSA) is 353 Å². The minimum absolute atomic E-state index is 0. The van der Waals surface area contributed by atoms with Crippen molar-refractivity contribution < 1.29 is 87.1 Å². The van der Waals surface area contributed by atoms with Gasteiger partial charge < -0.3 is 69.3 Å². The second-order valence-corrected chi connectivity index (χ2v) is 27.5. The molecule has 3 aromatic rings. The Morgan fingerprint density at radius 2 is 0.786 bits per heavy atom. The summed E-state index contributed by atoms with van der Waals surface area (Å²) < 4.78 is 36.6. The van der Waals surface area contributed by atoms with Crippen molar-refractivity contribution in [3.8, 4) is 17.2 Å². The van der Waals surface area contributed by atoms with Crippen LogP contribution >= 0.6 is 0 Å². The van der Waals surface area contributed by atoms with Crippen molar-refractivity contribution in [1.29, 1.82) is 0 Å². The number of hydrogen-bond donors (Lipinski definition) is 6. The van der Waals surface area contributed by atoms with E-state index in [1.165, 1.54) is 0 Å². The van der Waals surface area contributed by atoms with Crippen LogP contribution in [0.3, 0.4) is 0 Å². The highest BCUT2D eigenvalue weighted by atomic mass is 16.6. The number of carbonyl (C=O) groups excluding carboxylic acids is 6. The van der Waals surface area contributed by atoms with Crippen molar-refractivity contribution >= 4 is 47.0 Å². The fourth-order valence-corrected chi connectivity index (χ4v) is 10.7. The van der Waals surface area contributed by atoms with Gasteiger partial charge in [0.25, 0.3) is 11.4 Å². The number of phenols is 3. The lowest BCUT2D eigenvalue weighted by Crippen LogP contribution is -2.43. The summed E-state index contributed by atoms with van der Waals surface area (Å²) in [5.41, 5.74) is -1.49. The first-order valence-electron chi connectivity index (χ1n) is 33.0. The molecule has 0 saturated carbocycles. The van der Waals surface area contributed by atoms with E-state index >= 15 is 0 Å². The van der Waals surface area contributed by atoms with Crippen molar-refractivity contribution in [2.75, 3.05) is 114 Å². The van der Waals surface area contributed by atoms with E-state index in [2.05, 4.69) is 16.0 Å². The maximum Gasteiger partial charge on any atom is 0.311 e. The van der Waals surface area contributed by atoms with Gasteiger partial charge in [-0.3, -0.25) is 49.0 Å². The molecule has 0 bridgehead atoms. The van der Waals surface area contributed by atoms with Gasteiger partial charge >= 0.3 is 17.9 Å². The number of amides is 3. The number of hydrogen-bond acceptors (Lipinski definition) is 21. The van der Waals surface area contributed by atoms with Gasteiger partial charge in [0.05, 0.1) is 77.9 Å². The highest BCUT2D eigenvalue weighted by molar-refractivity contribution is 5.85. The first-order chi connectivity index (χ1) is 45.2. The number of aryl methyl sites for hydroxylation is 3. The lowest BCUT2D eigenvalue weighted by atomic mass is 9.72. The van der Waals surface area contributed by atoms with Gasteiger partial charge in [0.1, 0.15) is 37.1 Å². The van der Waals surface area contributed by atoms with E-state index in [1.54, 1.807) is 80.9 Å². The summed E-state index contributed by atoms with van der Waals surface area (Å²) in [4.78, 5) is 100. The fourth-order valence-electron chi connectivity index (χ4n) is 10.7. The second-order valence-electron chi connectivity index (χ2n) is 27.5. The number of esters is 3. The highest BCUT2D eigenvalue weighted by Crippen LogP contribution is 2.41. The molecular formula is C72H118N6O20. The van der Waals surface area contributed by atoms with Gasteiger partial charge in [-0.25, -0.2) is 0 Å². The zero-order valence-electron chi connectivity index (χ0n) is 61.2. The van der Waals surface area contributed by atoms with E-state index in [1.807, 2.05) is 86.5 Å². The lowest BCUT2D eigenvalue weighted by molar-refractivity contribution is -0.385. The summed E-state index contributed by atoms with van der Waals surface area (Å²) >= 11 is 0. The molecule has 26 nitrogen and oxygen atoms in total. The summed E-state index contributed by atoms with van der Waals surface area (Å²) in [7, 11) is 6.97. The predicted octanol–water partition coefficient (Wildman–Crippen LogP) is 10.5. The number of ether oxygens (including phenoxy) is 7. The third kappa shape index (κ3) is 30.7. The van der Waals surface area contributed by atoms with Crippen molar-refractivity contribution in [2.45, 2.75) is 169 Å². The number of phenolic OH excluding ortho intramolecular Hbond substituents is 3. The number of methoxy groups -OCH3 is 2. The summed E-state index contributed by atoms with van der Waals surface area (Å²) in [6.07, 6.45) is 3.69. The SMILES string of the molecule is C.CCC(C)(CC(C)(C)C(=O)NCCc1cc(C)c(O)cc1[N+](=O)[O-])C(=O)OCCN(C)C.CCC(C)(CC(C)(C)C(=O)NCCc1cc(C)c(O)cc1[N+](=O)[O-])C(=O)OCCOCCOC.CCC(C)(CC(C)(C)C(=O)NCCc1ccc(O)c(C)c1)C(=O)OCCOCCOC. The molecule has 3 rings (SSSR count). The molecule has 0 radical (unpaired) electrons. The van der Waals surface area contributed by atoms with Crippen LogP contribution in [0, 0.1) is 73.5 Å². The van der Waals surface area contributed by atoms with E-state index in [0.29, 0.717) is 114 Å². The third-order valence-electron chi connectivity index (χ3n) is 17.2. The minimum atomic E-state index is -0.879. The third-order valence-corrected chi connectivity index (χ3v) is 17.2. The largest absolute Gasteiger partial charge is 0.508 e. The fraction of sp³-hybridized carbons (Fsp3) is 0.667. The summed E-state index contributed by atoms with van der Waals surface area (Å²) in [6, 6.07) is 10.8. The molecular weight excluding hydrogens is 1270 g/mol. The molecule has 3 atom stereocenters. The Balaban J connectivity index is 0.00000143. The quantitative estimate of drug-likeness (QED) is 0.0101. The van der Waals surface area contributed by atoms with Gasteiger partial charge in [-0.15, -0.1) is 0 Å². The maximum atomic E-state index is 12.9. The van der Waals surface area contributed by atoms with Crippen LogP contribution in [0.15, 0.2) is 42.5 Å². The van der Waals surface area contributed by atoms with Crippen LogP contribution in [-0.4, -0.2) is 180 Å². The zero-order chi connectivity index (χ0) is 74.1. The smallest absolute Gasteiger partial charge is 0.311 e. The molecule has 556 valence electrons. The first kappa shape index (κ1) is 90.5. The number of nitrogens with one attached hydrogen (secondary N) is 3. The molecule has 0 aliphatic rings. The van der Waals surface area contributed by atoms with E-state index in [0.717, 1.165) is 23.3 Å². The standard InChI is InChI=1S/C24H38N2O8.C24H39NO6.C23H37N3O6.CH4/c1-7-24(5,22(29)34-13-12-33-11-10-32-6)16-23(3,4)21(28)25-9-8-18-14-17(2)20(27)15-19(18)26(30)31;1-7-24(5,22(28)31-15-14-30-13-12-29-6)17-23(3,4)21(27)25-11-10-19-8-9-20(26)18(2)16-19;1-8-23(5,21(29)32-12-11-25(6)7)15-22(3,4)20(28)24-10-9-17-13-16(2)19(27)14-18(17)26(30)31;/h14-15,27H,7-13,16H2,1-6H3,(H,25,28);8-9,16,26H,7,10-15,17H2,1-6H3,(H,25,27);13-14,27H,8-12,15H2,1-7H3,(H,24,28);1H4. The molecule has 0 aromatic heterocycles. The zero-order valence-corrected chi connectivity index (χ0v) is 61.2. The molecule has 0 heterocycles.